The minimum atomic E-state index is -2.42. The number of hydrogen-bond donors (Lipinski definition) is 5. The summed E-state index contributed by atoms with van der Waals surface area (Å²) in [6.07, 6.45) is -2.17. The van der Waals surface area contributed by atoms with Crippen LogP contribution in [0.1, 0.15) is 20.8 Å². The molecule has 0 aliphatic carbocycles. The average molecular weight is 334 g/mol. The summed E-state index contributed by atoms with van der Waals surface area (Å²) in [5.74, 6) is -3.65. The lowest BCUT2D eigenvalue weighted by Crippen LogP contribution is -2.50. The third-order valence-electron chi connectivity index (χ3n) is 2.72. The molecule has 0 heterocycles. The number of aliphatic carboxylic acids is 2. The standard InChI is InChI=1S/C8H18F2N.C2H2O4.BH2O3.H3N/c1-4-11(5-2,6-3)7-8(9)10;3-1(4)2(5)6;2-1(3)4;/h8H,4-7H2,1-3H3;(H,3,4)(H,5,6);2-3H;1H3/q+1;;-1;. The molecule has 22 heavy (non-hydrogen) atoms. The zero-order chi connectivity index (χ0) is 17.6. The van der Waals surface area contributed by atoms with Crippen LogP contribution in [0.5, 0.6) is 0 Å². The van der Waals surface area contributed by atoms with Crippen LogP contribution in [-0.2, 0) is 9.59 Å². The van der Waals surface area contributed by atoms with Gasteiger partial charge in [-0.15, -0.1) is 0 Å². The summed E-state index contributed by atoms with van der Waals surface area (Å²) < 4.78 is 24.7. The number of rotatable bonds is 5. The van der Waals surface area contributed by atoms with E-state index in [0.29, 0.717) is 4.48 Å². The van der Waals surface area contributed by atoms with E-state index in [1.54, 1.807) is 0 Å². The maximum Gasteiger partial charge on any atom is 0.414 e. The van der Waals surface area contributed by atoms with Gasteiger partial charge in [0.05, 0.1) is 19.6 Å². The van der Waals surface area contributed by atoms with Gasteiger partial charge in [0.25, 0.3) is 6.43 Å². The number of carboxylic acids is 2. The van der Waals surface area contributed by atoms with Crippen molar-refractivity contribution in [1.29, 1.82) is 0 Å². The zero-order valence-electron chi connectivity index (χ0n) is 12.9. The van der Waals surface area contributed by atoms with Crippen LogP contribution < -0.4 is 11.2 Å². The highest BCUT2D eigenvalue weighted by Gasteiger charge is 2.25. The van der Waals surface area contributed by atoms with Gasteiger partial charge in [0.1, 0.15) is 6.54 Å². The number of nitrogens with zero attached hydrogens (tertiary/aromatic N) is 1. The summed E-state index contributed by atoms with van der Waals surface area (Å²) in [6, 6.07) is 0. The van der Waals surface area contributed by atoms with E-state index >= 15 is 0 Å². The number of quaternary nitrogens is 1. The molecule has 7 N–H and O–H groups in total. The Hall–Kier alpha value is -1.34. The molecular weight excluding hydrogens is 309 g/mol. The molecule has 0 spiro atoms. The third kappa shape index (κ3) is 21.0. The van der Waals surface area contributed by atoms with Gasteiger partial charge >= 0.3 is 19.3 Å². The lowest BCUT2D eigenvalue weighted by atomic mass is 10.3. The molecule has 0 atom stereocenters. The first kappa shape index (κ1) is 28.8. The number of carbonyl (C=O) groups is 2. The van der Waals surface area contributed by atoms with Gasteiger partial charge in [-0.1, -0.05) is 0 Å². The Kier molecular flexibility index (Phi) is 21.0. The smallest absolute Gasteiger partial charge is 0.414 e. The van der Waals surface area contributed by atoms with E-state index in [0.717, 1.165) is 19.6 Å². The van der Waals surface area contributed by atoms with Crippen molar-refractivity contribution in [1.82, 2.24) is 6.15 Å². The summed E-state index contributed by atoms with van der Waals surface area (Å²) in [7, 11) is -2.42. The van der Waals surface area contributed by atoms with Crippen LogP contribution in [0.15, 0.2) is 0 Å². The summed E-state index contributed by atoms with van der Waals surface area (Å²) in [5.41, 5.74) is 0. The van der Waals surface area contributed by atoms with Gasteiger partial charge in [0.15, 0.2) is 0 Å². The normalized spacial score (nSPS) is 9.50. The molecule has 0 bridgehead atoms. The first-order valence-electron chi connectivity index (χ1n) is 6.09. The van der Waals surface area contributed by atoms with Crippen molar-refractivity contribution in [3.8, 4) is 0 Å². The molecule has 0 fully saturated rings. The molecule has 0 saturated carbocycles. The molecule has 0 aromatic rings. The van der Waals surface area contributed by atoms with Crippen molar-refractivity contribution in [3.63, 3.8) is 0 Å². The summed E-state index contributed by atoms with van der Waals surface area (Å²) in [5, 5.41) is 37.5. The Bertz CT molecular complexity index is 269. The minimum Gasteiger partial charge on any atom is -0.832 e. The number of hydrogen-bond acceptors (Lipinski definition) is 6. The molecular formula is C10H25BF2N2O7. The highest BCUT2D eigenvalue weighted by atomic mass is 19.3. The van der Waals surface area contributed by atoms with Gasteiger partial charge in [0, 0.05) is 0 Å². The largest absolute Gasteiger partial charge is 0.832 e. The maximum atomic E-state index is 12.1. The van der Waals surface area contributed by atoms with Crippen LogP contribution in [0, 0.1) is 0 Å². The molecule has 12 heteroatoms. The lowest BCUT2D eigenvalue weighted by molar-refractivity contribution is -0.926. The van der Waals surface area contributed by atoms with Crippen molar-refractivity contribution in [2.24, 2.45) is 0 Å². The summed E-state index contributed by atoms with van der Waals surface area (Å²) in [4.78, 5) is 18.2. The van der Waals surface area contributed by atoms with Crippen molar-refractivity contribution >= 4 is 19.3 Å². The zero-order valence-corrected chi connectivity index (χ0v) is 12.9. The first-order valence-corrected chi connectivity index (χ1v) is 6.09. The molecule has 0 saturated heterocycles. The Morgan fingerprint density at radius 1 is 1.05 bits per heavy atom. The van der Waals surface area contributed by atoms with Crippen LogP contribution in [0.3, 0.4) is 0 Å². The quantitative estimate of drug-likeness (QED) is 0.236. The molecule has 134 valence electrons. The van der Waals surface area contributed by atoms with E-state index in [1.165, 1.54) is 0 Å². The predicted molar refractivity (Wildman–Crippen MR) is 73.2 cm³/mol. The SMILES string of the molecule is CC[N+](CC)(CC)CC(F)F.N.O=C(O)C(=O)O.[O-]B(O)O. The molecule has 0 amide bonds. The lowest BCUT2D eigenvalue weighted by Gasteiger charge is -2.35. The average Bonchev–Trinajstić information content (AvgIpc) is 2.35. The Balaban J connectivity index is -0.000000125. The predicted octanol–water partition coefficient (Wildman–Crippen LogP) is -1.24. The van der Waals surface area contributed by atoms with Gasteiger partial charge in [-0.2, -0.15) is 0 Å². The number of halogens is 2. The van der Waals surface area contributed by atoms with E-state index in [9.17, 15) is 8.78 Å². The van der Waals surface area contributed by atoms with E-state index in [4.69, 9.17) is 34.9 Å². The topological polar surface area (TPSA) is 173 Å². The molecule has 0 aliphatic rings. The highest BCUT2D eigenvalue weighted by Crippen LogP contribution is 2.09. The molecule has 0 unspecified atom stereocenters. The van der Waals surface area contributed by atoms with Crippen LogP contribution in [0.25, 0.3) is 0 Å². The van der Waals surface area contributed by atoms with Crippen molar-refractivity contribution in [2.75, 3.05) is 26.2 Å². The number of alkyl halides is 2. The fraction of sp³-hybridized carbons (Fsp3) is 0.800. The van der Waals surface area contributed by atoms with E-state index in [1.807, 2.05) is 20.8 Å². The molecule has 9 nitrogen and oxygen atoms in total. The minimum absolute atomic E-state index is 0. The van der Waals surface area contributed by atoms with Crippen molar-refractivity contribution < 1.29 is 48.1 Å². The second-order valence-corrected chi connectivity index (χ2v) is 3.80. The highest BCUT2D eigenvalue weighted by molar-refractivity contribution is 6.28. The Labute approximate surface area is 128 Å². The van der Waals surface area contributed by atoms with Crippen LogP contribution in [0.4, 0.5) is 8.78 Å². The van der Waals surface area contributed by atoms with Crippen molar-refractivity contribution in [3.05, 3.63) is 0 Å². The fourth-order valence-electron chi connectivity index (χ4n) is 1.35. The summed E-state index contributed by atoms with van der Waals surface area (Å²) in [6.45, 7) is 8.32. The van der Waals surface area contributed by atoms with E-state index in [-0.39, 0.29) is 12.7 Å². The molecule has 0 radical (unpaired) electrons. The van der Waals surface area contributed by atoms with Gasteiger partial charge < -0.3 is 35.9 Å². The van der Waals surface area contributed by atoms with E-state index < -0.39 is 25.7 Å². The second kappa shape index (κ2) is 16.0. The van der Waals surface area contributed by atoms with Gasteiger partial charge in [-0.05, 0) is 20.8 Å². The van der Waals surface area contributed by atoms with Crippen LogP contribution in [0.2, 0.25) is 0 Å². The third-order valence-corrected chi connectivity index (χ3v) is 2.72. The van der Waals surface area contributed by atoms with Crippen LogP contribution in [-0.4, -0.2) is 76.6 Å². The fourth-order valence-corrected chi connectivity index (χ4v) is 1.35. The number of carboxylic acid groups (broad SMARTS) is 2. The van der Waals surface area contributed by atoms with Gasteiger partial charge in [-0.3, -0.25) is 0 Å². The first-order chi connectivity index (χ1) is 9.47. The van der Waals surface area contributed by atoms with Gasteiger partial charge in [-0.25, -0.2) is 18.4 Å². The Morgan fingerprint density at radius 3 is 1.32 bits per heavy atom. The maximum absolute atomic E-state index is 12.1. The second-order valence-electron chi connectivity index (χ2n) is 3.80. The molecule has 0 aliphatic heterocycles. The molecule has 0 aromatic carbocycles. The molecule has 0 aromatic heterocycles. The van der Waals surface area contributed by atoms with Gasteiger partial charge in [0.2, 0.25) is 0 Å². The van der Waals surface area contributed by atoms with E-state index in [2.05, 4.69) is 0 Å². The summed E-state index contributed by atoms with van der Waals surface area (Å²) >= 11 is 0. The van der Waals surface area contributed by atoms with Crippen molar-refractivity contribution in [2.45, 2.75) is 27.2 Å². The van der Waals surface area contributed by atoms with Crippen LogP contribution >= 0.6 is 0 Å². The molecule has 0 rings (SSSR count). The monoisotopic (exact) mass is 334 g/mol. The Morgan fingerprint density at radius 2 is 1.27 bits per heavy atom.